The Morgan fingerprint density at radius 1 is 1.14 bits per heavy atom. The van der Waals surface area contributed by atoms with Crippen LogP contribution in [0.5, 0.6) is 11.5 Å². The molecule has 0 saturated heterocycles. The first kappa shape index (κ1) is 15.3. The molecule has 22 heavy (non-hydrogen) atoms. The fraction of sp³-hybridized carbons (Fsp3) is 0.133. The summed E-state index contributed by atoms with van der Waals surface area (Å²) in [5.41, 5.74) is 6.28. The summed E-state index contributed by atoms with van der Waals surface area (Å²) >= 11 is 0. The van der Waals surface area contributed by atoms with Gasteiger partial charge >= 0.3 is 5.97 Å². The second-order valence-electron chi connectivity index (χ2n) is 4.14. The zero-order valence-corrected chi connectivity index (χ0v) is 11.9. The van der Waals surface area contributed by atoms with Gasteiger partial charge in [-0.25, -0.2) is 4.79 Å². The SMILES string of the molecule is COc1ccc(OCC(=O)O/N=C(\N)c2ccncc2)cc1. The number of methoxy groups -OCH3 is 1. The summed E-state index contributed by atoms with van der Waals surface area (Å²) in [5, 5.41) is 3.55. The van der Waals surface area contributed by atoms with Crippen LogP contribution in [0.25, 0.3) is 0 Å². The Bertz CT molecular complexity index is 642. The molecule has 1 heterocycles. The Hall–Kier alpha value is -3.09. The minimum Gasteiger partial charge on any atom is -0.497 e. The molecule has 1 aromatic heterocycles. The first-order valence-corrected chi connectivity index (χ1v) is 6.39. The van der Waals surface area contributed by atoms with E-state index in [2.05, 4.69) is 15.0 Å². The van der Waals surface area contributed by atoms with Crippen LogP contribution in [0, 0.1) is 0 Å². The van der Waals surface area contributed by atoms with Crippen molar-refractivity contribution in [1.29, 1.82) is 0 Å². The van der Waals surface area contributed by atoms with Gasteiger partial charge in [0.05, 0.1) is 7.11 Å². The fourth-order valence-electron chi connectivity index (χ4n) is 1.52. The zero-order valence-electron chi connectivity index (χ0n) is 11.9. The summed E-state index contributed by atoms with van der Waals surface area (Å²) in [4.78, 5) is 20.1. The number of carbonyl (C=O) groups excluding carboxylic acids is 1. The van der Waals surface area contributed by atoms with Crippen molar-refractivity contribution in [3.63, 3.8) is 0 Å². The van der Waals surface area contributed by atoms with Gasteiger partial charge < -0.3 is 20.0 Å². The molecule has 7 heteroatoms. The van der Waals surface area contributed by atoms with Gasteiger partial charge in [-0.05, 0) is 36.4 Å². The third-order valence-corrected chi connectivity index (χ3v) is 2.64. The van der Waals surface area contributed by atoms with Gasteiger partial charge in [-0.15, -0.1) is 0 Å². The molecule has 2 aromatic rings. The Morgan fingerprint density at radius 2 is 1.77 bits per heavy atom. The molecule has 0 aliphatic carbocycles. The van der Waals surface area contributed by atoms with Crippen LogP contribution in [0.2, 0.25) is 0 Å². The lowest BCUT2D eigenvalue weighted by molar-refractivity contribution is -0.146. The predicted octanol–water partition coefficient (Wildman–Crippen LogP) is 1.33. The molecule has 0 spiro atoms. The molecule has 0 saturated carbocycles. The van der Waals surface area contributed by atoms with Crippen molar-refractivity contribution in [2.24, 2.45) is 10.9 Å². The van der Waals surface area contributed by atoms with Crippen molar-refractivity contribution < 1.29 is 19.1 Å². The summed E-state index contributed by atoms with van der Waals surface area (Å²) in [6, 6.07) is 10.1. The Kier molecular flexibility index (Phi) is 5.31. The minimum absolute atomic E-state index is 0.0835. The standard InChI is InChI=1S/C15H15N3O4/c1-20-12-2-4-13(5-3-12)21-10-14(19)22-18-15(16)11-6-8-17-9-7-11/h2-9H,10H2,1H3,(H2,16,18). The summed E-state index contributed by atoms with van der Waals surface area (Å²) in [6.45, 7) is -0.278. The largest absolute Gasteiger partial charge is 0.497 e. The van der Waals surface area contributed by atoms with Gasteiger partial charge in [0.2, 0.25) is 0 Å². The van der Waals surface area contributed by atoms with Crippen molar-refractivity contribution in [1.82, 2.24) is 4.98 Å². The van der Waals surface area contributed by atoms with E-state index in [1.165, 1.54) is 0 Å². The number of pyridine rings is 1. The highest BCUT2D eigenvalue weighted by atomic mass is 16.7. The molecule has 0 aliphatic rings. The number of hydrogen-bond donors (Lipinski definition) is 1. The summed E-state index contributed by atoms with van der Waals surface area (Å²) < 4.78 is 10.3. The number of oxime groups is 1. The van der Waals surface area contributed by atoms with E-state index in [0.29, 0.717) is 17.1 Å². The van der Waals surface area contributed by atoms with Gasteiger partial charge in [-0.2, -0.15) is 0 Å². The number of nitrogens with zero attached hydrogens (tertiary/aromatic N) is 2. The van der Waals surface area contributed by atoms with Crippen molar-refractivity contribution in [3.8, 4) is 11.5 Å². The topological polar surface area (TPSA) is 96.0 Å². The van der Waals surface area contributed by atoms with Crippen molar-refractivity contribution in [2.45, 2.75) is 0 Å². The third kappa shape index (κ3) is 4.48. The van der Waals surface area contributed by atoms with E-state index in [-0.39, 0.29) is 12.4 Å². The second kappa shape index (κ2) is 7.63. The van der Waals surface area contributed by atoms with E-state index in [1.807, 2.05) is 0 Å². The van der Waals surface area contributed by atoms with Gasteiger partial charge in [0.25, 0.3) is 0 Å². The van der Waals surface area contributed by atoms with Crippen LogP contribution in [-0.4, -0.2) is 30.5 Å². The molecule has 0 amide bonds. The summed E-state index contributed by atoms with van der Waals surface area (Å²) in [5.74, 6) is 0.640. The molecule has 0 unspecified atom stereocenters. The van der Waals surface area contributed by atoms with Crippen LogP contribution in [0.15, 0.2) is 53.9 Å². The maximum atomic E-state index is 11.5. The first-order chi connectivity index (χ1) is 10.7. The van der Waals surface area contributed by atoms with Crippen LogP contribution in [0.1, 0.15) is 5.56 Å². The molecule has 0 aliphatic heterocycles. The van der Waals surface area contributed by atoms with Crippen molar-refractivity contribution in [3.05, 3.63) is 54.4 Å². The Morgan fingerprint density at radius 3 is 2.41 bits per heavy atom. The predicted molar refractivity (Wildman–Crippen MR) is 79.5 cm³/mol. The van der Waals surface area contributed by atoms with Crippen LogP contribution < -0.4 is 15.2 Å². The van der Waals surface area contributed by atoms with E-state index in [0.717, 1.165) is 0 Å². The van der Waals surface area contributed by atoms with E-state index in [9.17, 15) is 4.79 Å². The van der Waals surface area contributed by atoms with Gasteiger partial charge in [0, 0.05) is 18.0 Å². The number of nitrogens with two attached hydrogens (primary N) is 1. The molecule has 2 N–H and O–H groups in total. The average Bonchev–Trinajstić information content (AvgIpc) is 2.59. The highest BCUT2D eigenvalue weighted by Crippen LogP contribution is 2.16. The maximum absolute atomic E-state index is 11.5. The average molecular weight is 301 g/mol. The van der Waals surface area contributed by atoms with Crippen LogP contribution in [-0.2, 0) is 9.63 Å². The second-order valence-corrected chi connectivity index (χ2v) is 4.14. The number of hydrogen-bond acceptors (Lipinski definition) is 6. The van der Waals surface area contributed by atoms with Crippen molar-refractivity contribution in [2.75, 3.05) is 13.7 Å². The Balaban J connectivity index is 1.82. The van der Waals surface area contributed by atoms with E-state index < -0.39 is 5.97 Å². The fourth-order valence-corrected chi connectivity index (χ4v) is 1.52. The third-order valence-electron chi connectivity index (χ3n) is 2.64. The lowest BCUT2D eigenvalue weighted by Crippen LogP contribution is -2.18. The van der Waals surface area contributed by atoms with Gasteiger partial charge in [0.1, 0.15) is 11.5 Å². The number of amidine groups is 1. The normalized spacial score (nSPS) is 10.9. The number of aromatic nitrogens is 1. The molecule has 1 aromatic carbocycles. The Labute approximate surface area is 127 Å². The molecule has 0 atom stereocenters. The van der Waals surface area contributed by atoms with Gasteiger partial charge in [-0.3, -0.25) is 4.98 Å². The van der Waals surface area contributed by atoms with Crippen LogP contribution in [0.4, 0.5) is 0 Å². The van der Waals surface area contributed by atoms with E-state index in [4.69, 9.17) is 15.2 Å². The number of ether oxygens (including phenoxy) is 2. The highest BCUT2D eigenvalue weighted by Gasteiger charge is 2.06. The summed E-state index contributed by atoms with van der Waals surface area (Å²) in [6.07, 6.45) is 3.12. The number of benzene rings is 1. The first-order valence-electron chi connectivity index (χ1n) is 6.39. The van der Waals surface area contributed by atoms with Gasteiger partial charge in [0.15, 0.2) is 12.4 Å². The molecule has 0 fully saturated rings. The van der Waals surface area contributed by atoms with Crippen molar-refractivity contribution >= 4 is 11.8 Å². The zero-order chi connectivity index (χ0) is 15.8. The number of carbonyl (C=O) groups is 1. The highest BCUT2D eigenvalue weighted by molar-refractivity contribution is 5.97. The summed E-state index contributed by atoms with van der Waals surface area (Å²) in [7, 11) is 1.57. The molecular formula is C15H15N3O4. The number of rotatable bonds is 6. The monoisotopic (exact) mass is 301 g/mol. The van der Waals surface area contributed by atoms with Crippen LogP contribution in [0.3, 0.4) is 0 Å². The molecular weight excluding hydrogens is 286 g/mol. The maximum Gasteiger partial charge on any atom is 0.372 e. The van der Waals surface area contributed by atoms with E-state index >= 15 is 0 Å². The van der Waals surface area contributed by atoms with Crippen LogP contribution >= 0.6 is 0 Å². The molecule has 0 radical (unpaired) electrons. The quantitative estimate of drug-likeness (QED) is 0.374. The lowest BCUT2D eigenvalue weighted by atomic mass is 10.2. The molecule has 7 nitrogen and oxygen atoms in total. The van der Waals surface area contributed by atoms with Gasteiger partial charge in [-0.1, -0.05) is 5.16 Å². The minimum atomic E-state index is -0.659. The molecule has 0 bridgehead atoms. The molecule has 2 rings (SSSR count). The molecule has 114 valence electrons. The lowest BCUT2D eigenvalue weighted by Gasteiger charge is -2.05. The van der Waals surface area contributed by atoms with E-state index in [1.54, 1.807) is 55.9 Å². The smallest absolute Gasteiger partial charge is 0.372 e.